The maximum atomic E-state index is 17.3. The number of ether oxygens (including phenoxy) is 4. The quantitative estimate of drug-likeness (QED) is 0.0744. The molecule has 58 heavy (non-hydrogen) atoms. The average Bonchev–Trinajstić information content (AvgIpc) is 3.86. The van der Waals surface area contributed by atoms with Gasteiger partial charge in [-0.25, -0.2) is 18.0 Å². The number of terminal acetylenes is 1. The molecule has 2 unspecified atom stereocenters. The maximum absolute atomic E-state index is 17.3. The summed E-state index contributed by atoms with van der Waals surface area (Å²) in [5, 5.41) is 4.48. The Morgan fingerprint density at radius 2 is 1.81 bits per heavy atom. The number of alkyl halides is 1. The monoisotopic (exact) mass is 792 g/mol. The predicted molar refractivity (Wildman–Crippen MR) is 207 cm³/mol. The lowest BCUT2D eigenvalue weighted by atomic mass is 9.95. The molecular weight excluding hydrogens is 754 g/mol. The molecule has 5 aromatic rings. The first-order valence-corrected chi connectivity index (χ1v) is 19.3. The first-order chi connectivity index (χ1) is 28.1. The summed E-state index contributed by atoms with van der Waals surface area (Å²) in [6, 6.07) is 12.2. The summed E-state index contributed by atoms with van der Waals surface area (Å²) in [4.78, 5) is 42.4. The maximum Gasteiger partial charge on any atom is 0.514 e. The third-order valence-corrected chi connectivity index (χ3v) is 11.6. The molecule has 0 amide bonds. The van der Waals surface area contributed by atoms with Crippen LogP contribution in [0.4, 0.5) is 23.8 Å². The van der Waals surface area contributed by atoms with Gasteiger partial charge in [-0.05, 0) is 73.5 Å². The van der Waals surface area contributed by atoms with E-state index in [9.17, 15) is 14.0 Å². The Morgan fingerprint density at radius 3 is 2.57 bits per heavy atom. The van der Waals surface area contributed by atoms with Crippen molar-refractivity contribution in [3.8, 4) is 41.1 Å². The van der Waals surface area contributed by atoms with Crippen LogP contribution in [0.25, 0.3) is 32.9 Å². The van der Waals surface area contributed by atoms with Crippen LogP contribution >= 0.6 is 0 Å². The molecule has 15 heteroatoms. The number of nitrogens with zero attached hydrogens (tertiary/aromatic N) is 5. The Hall–Kier alpha value is -5.98. The van der Waals surface area contributed by atoms with Crippen molar-refractivity contribution in [1.82, 2.24) is 25.2 Å². The Bertz CT molecular complexity index is 2490. The molecule has 3 aromatic carbocycles. The van der Waals surface area contributed by atoms with Crippen molar-refractivity contribution in [3.05, 3.63) is 77.5 Å². The van der Waals surface area contributed by atoms with Crippen LogP contribution in [0, 0.1) is 24.0 Å². The van der Waals surface area contributed by atoms with Crippen LogP contribution in [0.15, 0.2) is 54.7 Å². The molecule has 9 rings (SSSR count). The highest BCUT2D eigenvalue weighted by atomic mass is 19.1. The van der Waals surface area contributed by atoms with E-state index in [0.717, 1.165) is 32.2 Å². The average molecular weight is 793 g/mol. The number of halogens is 3. The molecule has 1 N–H and O–H groups in total. The summed E-state index contributed by atoms with van der Waals surface area (Å²) < 4.78 is 69.4. The third kappa shape index (κ3) is 7.11. The van der Waals surface area contributed by atoms with Gasteiger partial charge in [-0.2, -0.15) is 9.97 Å². The van der Waals surface area contributed by atoms with Crippen molar-refractivity contribution in [3.63, 3.8) is 0 Å². The predicted octanol–water partition coefficient (Wildman–Crippen LogP) is 6.64. The lowest BCUT2D eigenvalue weighted by molar-refractivity contribution is -0.131. The lowest BCUT2D eigenvalue weighted by Crippen LogP contribution is -2.51. The van der Waals surface area contributed by atoms with E-state index in [1.54, 1.807) is 24.3 Å². The van der Waals surface area contributed by atoms with Crippen LogP contribution in [0.1, 0.15) is 50.2 Å². The van der Waals surface area contributed by atoms with Crippen molar-refractivity contribution in [2.45, 2.75) is 69.4 Å². The summed E-state index contributed by atoms with van der Waals surface area (Å²) in [6.07, 6.45) is 9.32. The Morgan fingerprint density at radius 1 is 1.02 bits per heavy atom. The number of benzene rings is 3. The number of hydrogen-bond acceptors (Lipinski definition) is 12. The molecule has 4 aliphatic heterocycles. The largest absolute Gasteiger partial charge is 0.514 e. The Kier molecular flexibility index (Phi) is 9.77. The summed E-state index contributed by atoms with van der Waals surface area (Å²) in [5.41, 5.74) is -0.275. The fourth-order valence-electron chi connectivity index (χ4n) is 9.02. The molecule has 2 bridgehead atoms. The third-order valence-electron chi connectivity index (χ3n) is 11.6. The van der Waals surface area contributed by atoms with Gasteiger partial charge in [0, 0.05) is 62.2 Å². The number of piperazine rings is 1. The van der Waals surface area contributed by atoms with Crippen LogP contribution in [0.5, 0.6) is 17.5 Å². The number of hydrogen-bond donors (Lipinski definition) is 1. The van der Waals surface area contributed by atoms with Crippen molar-refractivity contribution < 1.29 is 41.7 Å². The lowest BCUT2D eigenvalue weighted by Gasteiger charge is -2.34. The van der Waals surface area contributed by atoms with E-state index in [4.69, 9.17) is 30.4 Å². The molecule has 0 aliphatic carbocycles. The summed E-state index contributed by atoms with van der Waals surface area (Å²) in [5.74, 6) is 1.12. The molecular formula is C43H39F3N6O6. The van der Waals surface area contributed by atoms with Gasteiger partial charge in [-0.3, -0.25) is 14.7 Å². The fourth-order valence-corrected chi connectivity index (χ4v) is 9.02. The van der Waals surface area contributed by atoms with Gasteiger partial charge in [0.25, 0.3) is 0 Å². The molecule has 6 heterocycles. The van der Waals surface area contributed by atoms with E-state index in [0.29, 0.717) is 54.0 Å². The topological polar surface area (TPSA) is 128 Å². The fraction of sp³-hybridized carbons (Fsp3) is 0.372. The molecule has 0 saturated carbocycles. The SMILES string of the molecule is C#Cc1c(F)ccc2cc(OC(=O)OCc3ccc(OC(C)=O)cc3)cc(-c3ncc4c(N5CC6CCC(C5)N6)nc(OC[C@@]56CCCN5C[C@H](F)C6)nc4c3F)c12. The highest BCUT2D eigenvalue weighted by Gasteiger charge is 2.49. The number of carbonyl (C=O) groups is 2. The second kappa shape index (κ2) is 15.1. The first kappa shape index (κ1) is 37.6. The minimum atomic E-state index is -1.06. The second-order valence-electron chi connectivity index (χ2n) is 15.4. The number of rotatable bonds is 9. The normalized spacial score (nSPS) is 22.5. The van der Waals surface area contributed by atoms with Crippen molar-refractivity contribution >= 4 is 39.6 Å². The Labute approximate surface area is 331 Å². The zero-order valence-corrected chi connectivity index (χ0v) is 31.6. The van der Waals surface area contributed by atoms with Crippen molar-refractivity contribution in [2.24, 2.45) is 0 Å². The highest BCUT2D eigenvalue weighted by molar-refractivity contribution is 6.03. The molecule has 4 saturated heterocycles. The van der Waals surface area contributed by atoms with Gasteiger partial charge in [0.1, 0.15) is 53.7 Å². The van der Waals surface area contributed by atoms with Crippen molar-refractivity contribution in [2.75, 3.05) is 37.7 Å². The number of anilines is 1. The number of carbonyl (C=O) groups excluding carboxylic acids is 2. The minimum Gasteiger partial charge on any atom is -0.461 e. The molecule has 2 aromatic heterocycles. The molecule has 298 valence electrons. The zero-order valence-electron chi connectivity index (χ0n) is 31.6. The molecule has 12 nitrogen and oxygen atoms in total. The second-order valence-corrected chi connectivity index (χ2v) is 15.4. The van der Waals surface area contributed by atoms with Gasteiger partial charge >= 0.3 is 18.1 Å². The van der Waals surface area contributed by atoms with Crippen LogP contribution in [0.2, 0.25) is 0 Å². The number of aromatic nitrogens is 3. The van der Waals surface area contributed by atoms with Gasteiger partial charge in [0.05, 0.1) is 16.5 Å². The Balaban J connectivity index is 1.09. The van der Waals surface area contributed by atoms with E-state index >= 15 is 8.78 Å². The van der Waals surface area contributed by atoms with E-state index < -0.39 is 35.5 Å². The van der Waals surface area contributed by atoms with Crippen LogP contribution in [-0.2, 0) is 16.1 Å². The zero-order chi connectivity index (χ0) is 40.1. The number of esters is 1. The summed E-state index contributed by atoms with van der Waals surface area (Å²) in [6.45, 7) is 3.67. The molecule has 4 atom stereocenters. The molecule has 0 spiro atoms. The van der Waals surface area contributed by atoms with Gasteiger partial charge < -0.3 is 29.2 Å². The van der Waals surface area contributed by atoms with Crippen molar-refractivity contribution in [1.29, 1.82) is 0 Å². The summed E-state index contributed by atoms with van der Waals surface area (Å²) >= 11 is 0. The van der Waals surface area contributed by atoms with E-state index in [2.05, 4.69) is 31.0 Å². The van der Waals surface area contributed by atoms with Gasteiger partial charge in [-0.1, -0.05) is 24.1 Å². The van der Waals surface area contributed by atoms with E-state index in [1.165, 1.54) is 37.4 Å². The van der Waals surface area contributed by atoms with Crippen LogP contribution < -0.4 is 24.4 Å². The van der Waals surface area contributed by atoms with E-state index in [1.807, 2.05) is 0 Å². The van der Waals surface area contributed by atoms with Gasteiger partial charge in [0.2, 0.25) is 0 Å². The van der Waals surface area contributed by atoms with Gasteiger partial charge in [0.15, 0.2) is 5.82 Å². The van der Waals surface area contributed by atoms with Crippen LogP contribution in [-0.4, -0.2) is 88.6 Å². The standard InChI is InChI=1S/C43H39F3N6O6/c1-3-32-35(45)12-7-26-15-31(58-42(54)55-22-25-5-10-30(11-6-25)57-24(2)53)16-33(36(26)32)38-37(46)39-34(18-47-38)40(51-20-28-8-9-29(21-51)48-28)50-41(49-39)56-23-43-13-4-14-52(43)19-27(44)17-43/h1,5-7,10-12,15-16,18,27-29,48H,4,8-9,13-14,17,19-23H2,2H3/t27-,28?,29?,43+/m1/s1. The smallest absolute Gasteiger partial charge is 0.461 e. The molecule has 4 aliphatic rings. The number of nitrogens with one attached hydrogen (secondary N) is 1. The first-order valence-electron chi connectivity index (χ1n) is 19.3. The molecule has 0 radical (unpaired) electrons. The highest BCUT2D eigenvalue weighted by Crippen LogP contribution is 2.42. The molecule has 4 fully saturated rings. The van der Waals surface area contributed by atoms with E-state index in [-0.39, 0.29) is 64.8 Å². The number of fused-ring (bicyclic) bond motifs is 5. The number of pyridine rings is 1. The summed E-state index contributed by atoms with van der Waals surface area (Å²) in [7, 11) is 0. The van der Waals surface area contributed by atoms with Crippen LogP contribution in [0.3, 0.4) is 0 Å². The van der Waals surface area contributed by atoms with Gasteiger partial charge in [-0.15, -0.1) is 6.42 Å². The minimum absolute atomic E-state index is 0.0413.